The van der Waals surface area contributed by atoms with Gasteiger partial charge in [-0.3, -0.25) is 5.10 Å². The molecule has 0 saturated carbocycles. The van der Waals surface area contributed by atoms with E-state index in [4.69, 9.17) is 9.47 Å². The predicted octanol–water partition coefficient (Wildman–Crippen LogP) is 3.49. The molecular weight excluding hydrogens is 364 g/mol. The SMILES string of the molecule is CNCCN(C)Cc1c[nH]nc1-c1ccc(OCCOc2cccc(C)c2)cc1. The number of nitrogens with one attached hydrogen (secondary N) is 2. The van der Waals surface area contributed by atoms with Gasteiger partial charge in [0.15, 0.2) is 0 Å². The number of nitrogens with zero attached hydrogens (tertiary/aromatic N) is 2. The van der Waals surface area contributed by atoms with Gasteiger partial charge in [-0.15, -0.1) is 0 Å². The van der Waals surface area contributed by atoms with Crippen molar-refractivity contribution < 1.29 is 9.47 Å². The molecule has 3 aromatic rings. The lowest BCUT2D eigenvalue weighted by molar-refractivity contribution is 0.217. The molecule has 0 saturated heterocycles. The molecule has 0 radical (unpaired) electrons. The Morgan fingerprint density at radius 2 is 1.79 bits per heavy atom. The first kappa shape index (κ1) is 20.9. The number of benzene rings is 2. The van der Waals surface area contributed by atoms with E-state index in [1.54, 1.807) is 0 Å². The average molecular weight is 395 g/mol. The third-order valence-electron chi connectivity index (χ3n) is 4.64. The second-order valence-electron chi connectivity index (χ2n) is 7.14. The quantitative estimate of drug-likeness (QED) is 0.488. The van der Waals surface area contributed by atoms with Crippen molar-refractivity contribution in [3.8, 4) is 22.8 Å². The van der Waals surface area contributed by atoms with Gasteiger partial charge in [-0.1, -0.05) is 12.1 Å². The number of ether oxygens (including phenoxy) is 2. The Morgan fingerprint density at radius 1 is 1.03 bits per heavy atom. The number of H-pyrrole nitrogens is 1. The second-order valence-corrected chi connectivity index (χ2v) is 7.14. The summed E-state index contributed by atoms with van der Waals surface area (Å²) < 4.78 is 11.5. The van der Waals surface area contributed by atoms with Crippen LogP contribution in [0.15, 0.2) is 54.7 Å². The Morgan fingerprint density at radius 3 is 2.52 bits per heavy atom. The van der Waals surface area contributed by atoms with Crippen LogP contribution in [0.2, 0.25) is 0 Å². The molecule has 0 aliphatic heterocycles. The fourth-order valence-electron chi connectivity index (χ4n) is 3.09. The molecular formula is C23H30N4O2. The fraction of sp³-hybridized carbons (Fsp3) is 0.348. The Kier molecular flexibility index (Phi) is 7.67. The van der Waals surface area contributed by atoms with Crippen LogP contribution in [0, 0.1) is 6.92 Å². The summed E-state index contributed by atoms with van der Waals surface area (Å²) in [5.74, 6) is 1.69. The third-order valence-corrected chi connectivity index (χ3v) is 4.64. The first-order valence-corrected chi connectivity index (χ1v) is 9.94. The fourth-order valence-corrected chi connectivity index (χ4v) is 3.09. The van der Waals surface area contributed by atoms with Crippen LogP contribution in [0.25, 0.3) is 11.3 Å². The number of likely N-dealkylation sites (N-methyl/N-ethyl adjacent to an activating group) is 2. The zero-order chi connectivity index (χ0) is 20.5. The number of rotatable bonds is 11. The Bertz CT molecular complexity index is 877. The van der Waals surface area contributed by atoms with Crippen molar-refractivity contribution in [2.75, 3.05) is 40.4 Å². The van der Waals surface area contributed by atoms with Gasteiger partial charge in [-0.2, -0.15) is 5.10 Å². The molecule has 2 N–H and O–H groups in total. The molecule has 2 aromatic carbocycles. The topological polar surface area (TPSA) is 62.4 Å². The van der Waals surface area contributed by atoms with Crippen molar-refractivity contribution in [1.29, 1.82) is 0 Å². The number of hydrogen-bond donors (Lipinski definition) is 2. The minimum absolute atomic E-state index is 0.497. The largest absolute Gasteiger partial charge is 0.490 e. The summed E-state index contributed by atoms with van der Waals surface area (Å²) in [6.07, 6.45) is 1.97. The number of aromatic nitrogens is 2. The maximum Gasteiger partial charge on any atom is 0.122 e. The van der Waals surface area contributed by atoms with Crippen LogP contribution in [-0.2, 0) is 6.54 Å². The molecule has 3 rings (SSSR count). The number of hydrogen-bond acceptors (Lipinski definition) is 5. The van der Waals surface area contributed by atoms with Gasteiger partial charge in [0.25, 0.3) is 0 Å². The minimum atomic E-state index is 0.497. The van der Waals surface area contributed by atoms with E-state index >= 15 is 0 Å². The lowest BCUT2D eigenvalue weighted by Gasteiger charge is -2.16. The van der Waals surface area contributed by atoms with Crippen LogP contribution in [0.4, 0.5) is 0 Å². The van der Waals surface area contributed by atoms with Gasteiger partial charge in [-0.05, 0) is 63.0 Å². The predicted molar refractivity (Wildman–Crippen MR) is 116 cm³/mol. The van der Waals surface area contributed by atoms with E-state index in [1.807, 2.05) is 55.7 Å². The average Bonchev–Trinajstić information content (AvgIpc) is 3.18. The molecule has 0 atom stereocenters. The van der Waals surface area contributed by atoms with E-state index in [9.17, 15) is 0 Å². The third kappa shape index (κ3) is 6.34. The first-order valence-electron chi connectivity index (χ1n) is 9.94. The lowest BCUT2D eigenvalue weighted by Crippen LogP contribution is -2.26. The van der Waals surface area contributed by atoms with Crippen molar-refractivity contribution in [2.45, 2.75) is 13.5 Å². The molecule has 0 aliphatic carbocycles. The number of aryl methyl sites for hydroxylation is 1. The van der Waals surface area contributed by atoms with Gasteiger partial charge in [0.05, 0.1) is 5.69 Å². The van der Waals surface area contributed by atoms with Crippen LogP contribution < -0.4 is 14.8 Å². The molecule has 0 bridgehead atoms. The zero-order valence-electron chi connectivity index (χ0n) is 17.4. The van der Waals surface area contributed by atoms with Crippen LogP contribution in [0.3, 0.4) is 0 Å². The monoisotopic (exact) mass is 394 g/mol. The van der Waals surface area contributed by atoms with Gasteiger partial charge in [0.1, 0.15) is 24.7 Å². The standard InChI is InChI=1S/C23H30N4O2/c1-18-5-4-6-22(15-18)29-14-13-28-21-9-7-19(8-10-21)23-20(16-25-26-23)17-27(3)12-11-24-2/h4-10,15-16,24H,11-14,17H2,1-3H3,(H,25,26). The van der Waals surface area contributed by atoms with Gasteiger partial charge in [0, 0.05) is 37.0 Å². The molecule has 29 heavy (non-hydrogen) atoms. The van der Waals surface area contributed by atoms with Crippen LogP contribution in [-0.4, -0.2) is 55.5 Å². The van der Waals surface area contributed by atoms with E-state index in [1.165, 1.54) is 11.1 Å². The molecule has 0 aliphatic rings. The normalized spacial score (nSPS) is 11.0. The highest BCUT2D eigenvalue weighted by Crippen LogP contribution is 2.24. The summed E-state index contributed by atoms with van der Waals surface area (Å²) in [5.41, 5.74) is 4.43. The van der Waals surface area contributed by atoms with Crippen LogP contribution >= 0.6 is 0 Å². The molecule has 0 fully saturated rings. The Labute approximate surface area is 172 Å². The molecule has 0 amide bonds. The van der Waals surface area contributed by atoms with Crippen LogP contribution in [0.1, 0.15) is 11.1 Å². The van der Waals surface area contributed by atoms with Crippen molar-refractivity contribution in [3.05, 3.63) is 65.9 Å². The summed E-state index contributed by atoms with van der Waals surface area (Å²) >= 11 is 0. The molecule has 6 heteroatoms. The van der Waals surface area contributed by atoms with Gasteiger partial charge < -0.3 is 19.7 Å². The molecule has 6 nitrogen and oxygen atoms in total. The van der Waals surface area contributed by atoms with E-state index < -0.39 is 0 Å². The molecule has 0 unspecified atom stereocenters. The van der Waals surface area contributed by atoms with Crippen molar-refractivity contribution in [3.63, 3.8) is 0 Å². The lowest BCUT2D eigenvalue weighted by atomic mass is 10.1. The van der Waals surface area contributed by atoms with E-state index in [0.29, 0.717) is 13.2 Å². The van der Waals surface area contributed by atoms with Gasteiger partial charge >= 0.3 is 0 Å². The molecule has 1 heterocycles. The zero-order valence-corrected chi connectivity index (χ0v) is 17.4. The van der Waals surface area contributed by atoms with Crippen molar-refractivity contribution in [1.82, 2.24) is 20.4 Å². The van der Waals surface area contributed by atoms with E-state index in [2.05, 4.69) is 40.5 Å². The molecule has 1 aromatic heterocycles. The summed E-state index contributed by atoms with van der Waals surface area (Å²) in [6.45, 7) is 5.85. The van der Waals surface area contributed by atoms with Crippen LogP contribution in [0.5, 0.6) is 11.5 Å². The minimum Gasteiger partial charge on any atom is -0.490 e. The second kappa shape index (κ2) is 10.6. The highest BCUT2D eigenvalue weighted by molar-refractivity contribution is 5.63. The molecule has 154 valence electrons. The number of aromatic amines is 1. The van der Waals surface area contributed by atoms with Gasteiger partial charge in [-0.25, -0.2) is 0 Å². The first-order chi connectivity index (χ1) is 14.2. The maximum absolute atomic E-state index is 5.80. The highest BCUT2D eigenvalue weighted by atomic mass is 16.5. The smallest absolute Gasteiger partial charge is 0.122 e. The molecule has 0 spiro atoms. The summed E-state index contributed by atoms with van der Waals surface area (Å²) in [6, 6.07) is 16.1. The summed E-state index contributed by atoms with van der Waals surface area (Å²) in [5, 5.41) is 10.6. The van der Waals surface area contributed by atoms with E-state index in [-0.39, 0.29) is 0 Å². The Balaban J connectivity index is 1.51. The Hall–Kier alpha value is -2.83. The summed E-state index contributed by atoms with van der Waals surface area (Å²) in [4.78, 5) is 2.27. The van der Waals surface area contributed by atoms with Gasteiger partial charge in [0.2, 0.25) is 0 Å². The highest BCUT2D eigenvalue weighted by Gasteiger charge is 2.11. The maximum atomic E-state index is 5.80. The van der Waals surface area contributed by atoms with E-state index in [0.717, 1.165) is 42.4 Å². The van der Waals surface area contributed by atoms with Crippen molar-refractivity contribution >= 4 is 0 Å². The summed E-state index contributed by atoms with van der Waals surface area (Å²) in [7, 11) is 4.08. The van der Waals surface area contributed by atoms with Crippen molar-refractivity contribution in [2.24, 2.45) is 0 Å².